The number of phenols is 3. The van der Waals surface area contributed by atoms with Gasteiger partial charge >= 0.3 is 6.09 Å². The number of ether oxygens (including phenoxy) is 1. The van der Waals surface area contributed by atoms with E-state index < -0.39 is 5.60 Å². The summed E-state index contributed by atoms with van der Waals surface area (Å²) in [5, 5.41) is 59.7. The standard InChI is InChI=1S/C32H38N2O4.C32H36N2O2.C28H31NO2/c1-32(2,3)38-31(37)34-21-19-33(20-22-34)27-15-11-25(12-16-27)30(26-13-17-28(36)18-14-26)29(10-7-23-35)24-8-5-4-6-9-24;35-23-7-10-30(25-8-3-1-4-9-25)32(26-11-14-29(36)15-12-26)28-13-16-31-27(24-28)17-20-34(31)22-21-33-18-5-2-6-19-33;30-21-7-10-27(22-8-3-1-4-9-22)28(24-13-17-26(31)18-14-24)23-11-15-25(16-12-23)29-19-5-2-6-20-29/h4-6,8-9,11-18,35-36H,7,10,19-23H2,1-3H3;1,3-4,8-9,11-17,20,24,35-36H,2,5-7,10,18-19,21-23H2;1,3-4,8-9,11-18,30-31H,2,5-7,10,19-21H2/b30-29+;32-30-;28-27+. The number of piperidine rings is 2. The van der Waals surface area contributed by atoms with Crippen LogP contribution in [0.1, 0.15) is 148 Å². The number of fused-ring (bicyclic) bond motifs is 1. The van der Waals surface area contributed by atoms with E-state index in [4.69, 9.17) is 4.74 Å². The van der Waals surface area contributed by atoms with Crippen LogP contribution in [0.25, 0.3) is 44.3 Å². The zero-order chi connectivity index (χ0) is 73.3. The molecular formula is C92H105N5O8. The van der Waals surface area contributed by atoms with Gasteiger partial charge in [0.25, 0.3) is 0 Å². The third-order valence-corrected chi connectivity index (χ3v) is 20.0. The maximum atomic E-state index is 12.4. The van der Waals surface area contributed by atoms with Crippen molar-refractivity contribution in [1.82, 2.24) is 14.4 Å². The molecule has 0 spiro atoms. The van der Waals surface area contributed by atoms with E-state index in [0.29, 0.717) is 32.4 Å². The molecule has 9 aromatic carbocycles. The van der Waals surface area contributed by atoms with E-state index >= 15 is 0 Å². The van der Waals surface area contributed by atoms with Gasteiger partial charge in [-0.2, -0.15) is 0 Å². The molecular weight excluding hydrogens is 1300 g/mol. The average Bonchev–Trinajstić information content (AvgIpc) is 1.77. The maximum Gasteiger partial charge on any atom is 0.410 e. The molecule has 3 aliphatic heterocycles. The number of benzene rings is 9. The quantitative estimate of drug-likeness (QED) is 0.0338. The van der Waals surface area contributed by atoms with Crippen molar-refractivity contribution in [2.24, 2.45) is 0 Å². The number of aliphatic hydroxyl groups excluding tert-OH is 3. The molecule has 546 valence electrons. The molecule has 105 heavy (non-hydrogen) atoms. The number of aromatic nitrogens is 1. The van der Waals surface area contributed by atoms with Crippen molar-refractivity contribution in [3.63, 3.8) is 0 Å². The number of anilines is 2. The second-order valence-corrected chi connectivity index (χ2v) is 28.6. The van der Waals surface area contributed by atoms with Crippen molar-refractivity contribution < 1.29 is 40.2 Å². The first-order valence-corrected chi connectivity index (χ1v) is 37.8. The molecule has 0 radical (unpaired) electrons. The lowest BCUT2D eigenvalue weighted by molar-refractivity contribution is 0.0240. The highest BCUT2D eigenvalue weighted by Crippen LogP contribution is 2.41. The molecule has 0 unspecified atom stereocenters. The predicted molar refractivity (Wildman–Crippen MR) is 432 cm³/mol. The van der Waals surface area contributed by atoms with Gasteiger partial charge in [0.15, 0.2) is 0 Å². The highest BCUT2D eigenvalue weighted by atomic mass is 16.6. The maximum absolute atomic E-state index is 12.4. The summed E-state index contributed by atoms with van der Waals surface area (Å²) in [6, 6.07) is 79.8. The first-order valence-electron chi connectivity index (χ1n) is 37.8. The van der Waals surface area contributed by atoms with Crippen LogP contribution >= 0.6 is 0 Å². The van der Waals surface area contributed by atoms with E-state index in [1.54, 1.807) is 41.3 Å². The Labute approximate surface area is 621 Å². The highest BCUT2D eigenvalue weighted by Gasteiger charge is 2.27. The Hall–Kier alpha value is -10.2. The van der Waals surface area contributed by atoms with Gasteiger partial charge in [-0.15, -0.1) is 0 Å². The van der Waals surface area contributed by atoms with Crippen molar-refractivity contribution in [3.05, 3.63) is 293 Å². The molecule has 0 saturated carbocycles. The summed E-state index contributed by atoms with van der Waals surface area (Å²) in [4.78, 5) is 21.6. The van der Waals surface area contributed by atoms with Crippen LogP contribution in [0.2, 0.25) is 0 Å². The van der Waals surface area contributed by atoms with Gasteiger partial charge in [-0.1, -0.05) is 164 Å². The molecule has 0 aliphatic carbocycles. The number of rotatable bonds is 23. The Balaban J connectivity index is 0.000000158. The van der Waals surface area contributed by atoms with Gasteiger partial charge in [0.1, 0.15) is 22.8 Å². The molecule has 13 nitrogen and oxygen atoms in total. The predicted octanol–water partition coefficient (Wildman–Crippen LogP) is 18.9. The summed E-state index contributed by atoms with van der Waals surface area (Å²) >= 11 is 0. The number of aliphatic hydroxyl groups is 3. The normalized spacial score (nSPS) is 15.0. The fourth-order valence-corrected chi connectivity index (χ4v) is 14.6. The summed E-state index contributed by atoms with van der Waals surface area (Å²) < 4.78 is 7.91. The Kier molecular flexibility index (Phi) is 27.5. The van der Waals surface area contributed by atoms with Crippen molar-refractivity contribution in [2.75, 3.05) is 88.5 Å². The molecule has 4 heterocycles. The van der Waals surface area contributed by atoms with E-state index in [9.17, 15) is 35.4 Å². The summed E-state index contributed by atoms with van der Waals surface area (Å²) in [6.07, 6.45) is 14.2. The number of amides is 1. The van der Waals surface area contributed by atoms with Crippen LogP contribution < -0.4 is 9.80 Å². The Morgan fingerprint density at radius 2 is 0.724 bits per heavy atom. The van der Waals surface area contributed by atoms with Crippen molar-refractivity contribution in [2.45, 2.75) is 110 Å². The number of carbonyl (C=O) groups is 1. The van der Waals surface area contributed by atoms with Crippen molar-refractivity contribution in [1.29, 1.82) is 0 Å². The number of allylic oxidation sites excluding steroid dienone is 3. The van der Waals surface area contributed by atoms with Crippen LogP contribution in [-0.4, -0.2) is 135 Å². The number of hydrogen-bond donors (Lipinski definition) is 6. The largest absolute Gasteiger partial charge is 0.508 e. The highest BCUT2D eigenvalue weighted by molar-refractivity contribution is 6.02. The minimum Gasteiger partial charge on any atom is -0.508 e. The number of likely N-dealkylation sites (tertiary alicyclic amines) is 1. The molecule has 0 atom stereocenters. The van der Waals surface area contributed by atoms with E-state index in [2.05, 4.69) is 159 Å². The van der Waals surface area contributed by atoms with Gasteiger partial charge < -0.3 is 59.5 Å². The van der Waals surface area contributed by atoms with E-state index in [1.165, 1.54) is 84.9 Å². The molecule has 3 fully saturated rings. The minimum atomic E-state index is -0.497. The minimum absolute atomic E-state index is 0.118. The molecule has 0 bridgehead atoms. The van der Waals surface area contributed by atoms with Crippen molar-refractivity contribution >= 4 is 61.8 Å². The number of aromatic hydroxyl groups is 3. The number of nitrogens with zero attached hydrogens (tertiary/aromatic N) is 5. The van der Waals surface area contributed by atoms with E-state index in [1.807, 2.05) is 87.5 Å². The zero-order valence-corrected chi connectivity index (χ0v) is 61.5. The number of phenolic OH excluding ortho intramolecular Hbond substituents is 3. The van der Waals surface area contributed by atoms with Gasteiger partial charge in [-0.25, -0.2) is 4.79 Å². The third kappa shape index (κ3) is 21.1. The number of piperazine rings is 1. The van der Waals surface area contributed by atoms with Gasteiger partial charge in [-0.05, 0) is 267 Å². The third-order valence-electron chi connectivity index (χ3n) is 20.0. The van der Waals surface area contributed by atoms with Gasteiger partial charge in [-0.3, -0.25) is 0 Å². The van der Waals surface area contributed by atoms with Crippen LogP contribution in [0.5, 0.6) is 17.2 Å². The zero-order valence-electron chi connectivity index (χ0n) is 61.5. The summed E-state index contributed by atoms with van der Waals surface area (Å²) in [6.45, 7) is 15.6. The Morgan fingerprint density at radius 1 is 0.371 bits per heavy atom. The number of hydrogen-bond acceptors (Lipinski definition) is 11. The van der Waals surface area contributed by atoms with E-state index in [0.717, 1.165) is 131 Å². The van der Waals surface area contributed by atoms with Crippen LogP contribution in [0.15, 0.2) is 243 Å². The molecule has 13 heteroatoms. The number of carbonyl (C=O) groups excluding carboxylic acids is 1. The monoisotopic (exact) mass is 1410 g/mol. The molecule has 6 N–H and O–H groups in total. The fraction of sp³-hybridized carbons (Fsp3) is 0.315. The second-order valence-electron chi connectivity index (χ2n) is 28.6. The lowest BCUT2D eigenvalue weighted by Crippen LogP contribution is -2.50. The summed E-state index contributed by atoms with van der Waals surface area (Å²) in [5.41, 5.74) is 20.1. The molecule has 3 saturated heterocycles. The van der Waals surface area contributed by atoms with E-state index in [-0.39, 0.29) is 43.2 Å². The van der Waals surface area contributed by atoms with Crippen molar-refractivity contribution in [3.8, 4) is 17.2 Å². The molecule has 13 rings (SSSR count). The summed E-state index contributed by atoms with van der Waals surface area (Å²) in [7, 11) is 0. The van der Waals surface area contributed by atoms with Crippen LogP contribution in [0.3, 0.4) is 0 Å². The van der Waals surface area contributed by atoms with Crippen LogP contribution in [-0.2, 0) is 11.3 Å². The van der Waals surface area contributed by atoms with Crippen LogP contribution in [0, 0.1) is 0 Å². The lowest BCUT2D eigenvalue weighted by atomic mass is 9.87. The smallest absolute Gasteiger partial charge is 0.410 e. The average molecular weight is 1410 g/mol. The fourth-order valence-electron chi connectivity index (χ4n) is 14.6. The summed E-state index contributed by atoms with van der Waals surface area (Å²) in [5.74, 6) is 0.752. The van der Waals surface area contributed by atoms with Gasteiger partial charge in [0.05, 0.1) is 0 Å². The lowest BCUT2D eigenvalue weighted by Gasteiger charge is -2.36. The molecule has 1 amide bonds. The first-order chi connectivity index (χ1) is 51.2. The van der Waals surface area contributed by atoms with Gasteiger partial charge in [0, 0.05) is 101 Å². The van der Waals surface area contributed by atoms with Gasteiger partial charge in [0.2, 0.25) is 0 Å². The first kappa shape index (κ1) is 76.0. The van der Waals surface area contributed by atoms with Crippen LogP contribution in [0.4, 0.5) is 16.2 Å². The molecule has 3 aliphatic rings. The Morgan fingerprint density at radius 3 is 1.10 bits per heavy atom. The molecule has 10 aromatic rings. The second kappa shape index (κ2) is 38.0. The Bertz CT molecular complexity index is 4410. The SMILES string of the molecule is CC(C)(C)OC(=O)N1CCN(c2ccc(/C(=C(/CCCO)c3ccccc3)c3ccc(O)cc3)cc2)CC1.OCCC/C(=C(\c1ccc(O)cc1)c1ccc(N2CCCCC2)cc1)c1ccccc1.OCCC/C(=C(\c1ccc(O)cc1)c1ccc2c(ccn2CCN2CCCCC2)c1)c1ccccc1. The molecule has 1 aromatic heterocycles. The topological polar surface area (TPSA) is 166 Å².